The molecule has 3 rings (SSSR count). The fourth-order valence-electron chi connectivity index (χ4n) is 1.85. The van der Waals surface area contributed by atoms with Gasteiger partial charge >= 0.3 is 0 Å². The maximum atomic E-state index is 13.9. The second-order valence-corrected chi connectivity index (χ2v) is 7.73. The lowest BCUT2D eigenvalue weighted by atomic mass is 10.2. The SMILES string of the molecule is Fc1cccc(I)c1-c1nnc(-c2c(I)cccc2I)nn1. The Morgan fingerprint density at radius 2 is 1.05 bits per heavy atom. The Morgan fingerprint density at radius 3 is 1.55 bits per heavy atom. The molecule has 22 heavy (non-hydrogen) atoms. The van der Waals surface area contributed by atoms with Crippen LogP contribution >= 0.6 is 67.8 Å². The fourth-order valence-corrected chi connectivity index (χ4v) is 4.55. The molecule has 1 heterocycles. The highest BCUT2D eigenvalue weighted by molar-refractivity contribution is 14.1. The molecule has 0 atom stereocenters. The number of hydrogen-bond donors (Lipinski definition) is 0. The molecule has 0 saturated heterocycles. The van der Waals surface area contributed by atoms with Gasteiger partial charge in [0.2, 0.25) is 11.6 Å². The fraction of sp³-hybridized carbons (Fsp3) is 0. The highest BCUT2D eigenvalue weighted by Gasteiger charge is 2.16. The molecule has 0 aliphatic carbocycles. The molecule has 0 spiro atoms. The topological polar surface area (TPSA) is 51.6 Å². The van der Waals surface area contributed by atoms with Crippen molar-refractivity contribution in [1.82, 2.24) is 20.4 Å². The lowest BCUT2D eigenvalue weighted by Gasteiger charge is -2.06. The zero-order chi connectivity index (χ0) is 15.7. The third-order valence-corrected chi connectivity index (χ3v) is 5.55. The summed E-state index contributed by atoms with van der Waals surface area (Å²) in [7, 11) is 0. The van der Waals surface area contributed by atoms with E-state index in [9.17, 15) is 4.39 Å². The van der Waals surface area contributed by atoms with Crippen molar-refractivity contribution < 1.29 is 4.39 Å². The number of benzene rings is 2. The maximum Gasteiger partial charge on any atom is 0.207 e. The summed E-state index contributed by atoms with van der Waals surface area (Å²) in [6.45, 7) is 0. The Kier molecular flexibility index (Phi) is 5.17. The summed E-state index contributed by atoms with van der Waals surface area (Å²) in [5, 5.41) is 16.4. The Labute approximate surface area is 166 Å². The van der Waals surface area contributed by atoms with E-state index in [2.05, 4.69) is 65.6 Å². The van der Waals surface area contributed by atoms with Gasteiger partial charge in [-0.3, -0.25) is 0 Å². The summed E-state index contributed by atoms with van der Waals surface area (Å²) in [6, 6.07) is 10.7. The van der Waals surface area contributed by atoms with E-state index >= 15 is 0 Å². The molecule has 0 aliphatic rings. The molecule has 0 N–H and O–H groups in total. The standard InChI is InChI=1S/C14H6FI3N4/c15-7-3-1-4-8(16)11(7)13-19-21-14(22-20-13)12-9(17)5-2-6-10(12)18/h1-6H. The Morgan fingerprint density at radius 1 is 0.636 bits per heavy atom. The zero-order valence-corrected chi connectivity index (χ0v) is 17.2. The van der Waals surface area contributed by atoms with Crippen molar-refractivity contribution in [2.45, 2.75) is 0 Å². The molecule has 110 valence electrons. The van der Waals surface area contributed by atoms with Crippen molar-refractivity contribution in [1.29, 1.82) is 0 Å². The van der Waals surface area contributed by atoms with Crippen molar-refractivity contribution in [3.05, 3.63) is 52.9 Å². The van der Waals surface area contributed by atoms with E-state index in [0.29, 0.717) is 11.4 Å². The normalized spacial score (nSPS) is 10.7. The van der Waals surface area contributed by atoms with Crippen LogP contribution in [-0.4, -0.2) is 20.4 Å². The van der Waals surface area contributed by atoms with Crippen molar-refractivity contribution in [2.24, 2.45) is 0 Å². The minimum Gasteiger partial charge on any atom is -0.206 e. The van der Waals surface area contributed by atoms with Crippen molar-refractivity contribution >= 4 is 67.8 Å². The average molecular weight is 630 g/mol. The third kappa shape index (κ3) is 3.22. The van der Waals surface area contributed by atoms with Gasteiger partial charge in [-0.05, 0) is 92.0 Å². The Balaban J connectivity index is 2.08. The molecule has 0 saturated carbocycles. The first kappa shape index (κ1) is 16.4. The van der Waals surface area contributed by atoms with E-state index in [0.717, 1.165) is 16.3 Å². The van der Waals surface area contributed by atoms with E-state index in [4.69, 9.17) is 0 Å². The first-order valence-electron chi connectivity index (χ1n) is 6.04. The van der Waals surface area contributed by atoms with E-state index in [1.165, 1.54) is 6.07 Å². The molecule has 0 radical (unpaired) electrons. The van der Waals surface area contributed by atoms with Gasteiger partial charge in [0.25, 0.3) is 0 Å². The van der Waals surface area contributed by atoms with Gasteiger partial charge in [-0.25, -0.2) is 4.39 Å². The number of hydrogen-bond acceptors (Lipinski definition) is 4. The summed E-state index contributed by atoms with van der Waals surface area (Å²) < 4.78 is 16.7. The summed E-state index contributed by atoms with van der Waals surface area (Å²) in [5.74, 6) is 0.240. The van der Waals surface area contributed by atoms with Gasteiger partial charge in [-0.15, -0.1) is 20.4 Å². The highest BCUT2D eigenvalue weighted by Crippen LogP contribution is 2.28. The average Bonchev–Trinajstić information content (AvgIpc) is 2.48. The lowest BCUT2D eigenvalue weighted by Crippen LogP contribution is -2.03. The van der Waals surface area contributed by atoms with Gasteiger partial charge in [-0.1, -0.05) is 12.1 Å². The quantitative estimate of drug-likeness (QED) is 0.391. The molecule has 0 fully saturated rings. The second-order valence-electron chi connectivity index (χ2n) is 4.24. The van der Waals surface area contributed by atoms with Crippen LogP contribution in [0.1, 0.15) is 0 Å². The molecule has 3 aromatic rings. The van der Waals surface area contributed by atoms with Crippen LogP contribution in [0.5, 0.6) is 0 Å². The number of halogens is 4. The van der Waals surface area contributed by atoms with Crippen molar-refractivity contribution in [3.63, 3.8) is 0 Å². The predicted molar refractivity (Wildman–Crippen MR) is 107 cm³/mol. The molecule has 8 heteroatoms. The number of rotatable bonds is 2. The molecular formula is C14H6FI3N4. The van der Waals surface area contributed by atoms with E-state index < -0.39 is 0 Å². The summed E-state index contributed by atoms with van der Waals surface area (Å²) in [4.78, 5) is 0. The number of aromatic nitrogens is 4. The predicted octanol–water partition coefficient (Wildman–Crippen LogP) is 4.55. The van der Waals surface area contributed by atoms with E-state index in [1.54, 1.807) is 12.1 Å². The summed E-state index contributed by atoms with van der Waals surface area (Å²) in [6.07, 6.45) is 0. The first-order chi connectivity index (χ1) is 10.6. The molecular weight excluding hydrogens is 624 g/mol. The van der Waals surface area contributed by atoms with Gasteiger partial charge in [0.15, 0.2) is 0 Å². The van der Waals surface area contributed by atoms with Crippen molar-refractivity contribution in [3.8, 4) is 22.8 Å². The highest BCUT2D eigenvalue weighted by atomic mass is 127. The summed E-state index contributed by atoms with van der Waals surface area (Å²) in [5.41, 5.74) is 1.21. The van der Waals surface area contributed by atoms with Gasteiger partial charge in [0, 0.05) is 16.3 Å². The van der Waals surface area contributed by atoms with Crippen molar-refractivity contribution in [2.75, 3.05) is 0 Å². The van der Waals surface area contributed by atoms with Gasteiger partial charge in [0.1, 0.15) is 5.82 Å². The molecule has 2 aromatic carbocycles. The molecule has 0 unspecified atom stereocenters. The lowest BCUT2D eigenvalue weighted by molar-refractivity contribution is 0.627. The molecule has 0 amide bonds. The molecule has 0 bridgehead atoms. The van der Waals surface area contributed by atoms with Crippen LogP contribution in [0.25, 0.3) is 22.8 Å². The maximum absolute atomic E-state index is 13.9. The molecule has 4 nitrogen and oxygen atoms in total. The zero-order valence-electron chi connectivity index (χ0n) is 10.8. The second kappa shape index (κ2) is 6.95. The van der Waals surface area contributed by atoms with Crippen LogP contribution < -0.4 is 0 Å². The van der Waals surface area contributed by atoms with Crippen LogP contribution in [0.3, 0.4) is 0 Å². The smallest absolute Gasteiger partial charge is 0.206 e. The first-order valence-corrected chi connectivity index (χ1v) is 9.27. The third-order valence-electron chi connectivity index (χ3n) is 2.85. The minimum atomic E-state index is -0.382. The van der Waals surface area contributed by atoms with Gasteiger partial charge in [0.05, 0.1) is 5.56 Å². The van der Waals surface area contributed by atoms with Crippen LogP contribution in [0.2, 0.25) is 0 Å². The van der Waals surface area contributed by atoms with E-state index in [1.807, 2.05) is 40.8 Å². The van der Waals surface area contributed by atoms with Gasteiger partial charge in [-0.2, -0.15) is 0 Å². The summed E-state index contributed by atoms with van der Waals surface area (Å²) >= 11 is 6.48. The Bertz CT molecular complexity index is 729. The molecule has 1 aromatic heterocycles. The largest absolute Gasteiger partial charge is 0.207 e. The van der Waals surface area contributed by atoms with Crippen LogP contribution in [0.4, 0.5) is 4.39 Å². The Hall–Kier alpha value is -0.500. The minimum absolute atomic E-state index is 0.187. The van der Waals surface area contributed by atoms with Gasteiger partial charge < -0.3 is 0 Å². The van der Waals surface area contributed by atoms with Crippen LogP contribution in [-0.2, 0) is 0 Å². The molecule has 0 aliphatic heterocycles. The van der Waals surface area contributed by atoms with Crippen LogP contribution in [0, 0.1) is 16.5 Å². The monoisotopic (exact) mass is 630 g/mol. The van der Waals surface area contributed by atoms with E-state index in [-0.39, 0.29) is 11.6 Å². The van der Waals surface area contributed by atoms with Crippen LogP contribution in [0.15, 0.2) is 36.4 Å². The number of nitrogens with zero attached hydrogens (tertiary/aromatic N) is 4.